The standard InChI is InChI=1S/C11H17N5O4/c1-13(2)10(17)8-14-3-4-15-7-9(16(18)19)12-11(15)20-6-5-14/h7H,3-6,8H2,1-2H3. The summed E-state index contributed by atoms with van der Waals surface area (Å²) in [6, 6.07) is 0.260. The summed E-state index contributed by atoms with van der Waals surface area (Å²) in [6.45, 7) is 2.35. The van der Waals surface area contributed by atoms with E-state index in [1.165, 1.54) is 11.1 Å². The molecule has 0 spiro atoms. The van der Waals surface area contributed by atoms with Gasteiger partial charge in [0.1, 0.15) is 12.8 Å². The maximum absolute atomic E-state index is 11.7. The van der Waals surface area contributed by atoms with Crippen LogP contribution >= 0.6 is 0 Å². The summed E-state index contributed by atoms with van der Waals surface area (Å²) in [5, 5.41) is 10.7. The quantitative estimate of drug-likeness (QED) is 0.552. The number of hydrogen-bond acceptors (Lipinski definition) is 6. The molecule has 1 aromatic heterocycles. The maximum Gasteiger partial charge on any atom is 0.414 e. The second-order valence-corrected chi connectivity index (χ2v) is 4.74. The summed E-state index contributed by atoms with van der Waals surface area (Å²) < 4.78 is 7.01. The van der Waals surface area contributed by atoms with Crippen LogP contribution in [0.15, 0.2) is 6.20 Å². The number of aromatic nitrogens is 2. The van der Waals surface area contributed by atoms with E-state index in [2.05, 4.69) is 4.98 Å². The van der Waals surface area contributed by atoms with Gasteiger partial charge in [-0.05, 0) is 4.92 Å². The fourth-order valence-electron chi connectivity index (χ4n) is 1.87. The molecule has 9 nitrogen and oxygen atoms in total. The Hall–Kier alpha value is -2.16. The minimum atomic E-state index is -0.547. The van der Waals surface area contributed by atoms with Gasteiger partial charge < -0.3 is 19.8 Å². The van der Waals surface area contributed by atoms with E-state index in [4.69, 9.17) is 4.74 Å². The molecule has 1 aromatic rings. The third-order valence-electron chi connectivity index (χ3n) is 3.07. The predicted octanol–water partition coefficient (Wildman–Crippen LogP) is -0.426. The largest absolute Gasteiger partial charge is 0.444 e. The Kier molecular flexibility index (Phi) is 4.18. The number of ether oxygens (including phenoxy) is 1. The average molecular weight is 283 g/mol. The van der Waals surface area contributed by atoms with E-state index in [0.717, 1.165) is 0 Å². The van der Waals surface area contributed by atoms with Crippen LogP contribution in [0, 0.1) is 10.1 Å². The van der Waals surface area contributed by atoms with Crippen LogP contribution in [-0.2, 0) is 11.3 Å². The van der Waals surface area contributed by atoms with E-state index < -0.39 is 4.92 Å². The van der Waals surface area contributed by atoms with Crippen molar-refractivity contribution in [1.82, 2.24) is 19.4 Å². The van der Waals surface area contributed by atoms with Gasteiger partial charge in [0.2, 0.25) is 5.91 Å². The lowest BCUT2D eigenvalue weighted by Crippen LogP contribution is -2.41. The van der Waals surface area contributed by atoms with Crippen molar-refractivity contribution in [2.45, 2.75) is 6.54 Å². The molecule has 2 heterocycles. The summed E-state index contributed by atoms with van der Waals surface area (Å²) in [4.78, 5) is 29.1. The SMILES string of the molecule is CN(C)C(=O)CN1CCOc2nc([N+](=O)[O-])cn2CC1. The Bertz CT molecular complexity index is 513. The van der Waals surface area contributed by atoms with Gasteiger partial charge in [0.05, 0.1) is 6.54 Å². The lowest BCUT2D eigenvalue weighted by molar-refractivity contribution is -0.389. The normalized spacial score (nSPS) is 15.7. The van der Waals surface area contributed by atoms with E-state index in [1.54, 1.807) is 18.7 Å². The number of nitrogens with zero attached hydrogens (tertiary/aromatic N) is 5. The number of likely N-dealkylation sites (N-methyl/N-ethyl adjacent to an activating group) is 1. The van der Waals surface area contributed by atoms with Crippen molar-refractivity contribution in [3.05, 3.63) is 16.3 Å². The number of imidazole rings is 1. The number of nitro groups is 1. The van der Waals surface area contributed by atoms with Crippen molar-refractivity contribution in [2.24, 2.45) is 0 Å². The van der Waals surface area contributed by atoms with Crippen molar-refractivity contribution in [3.63, 3.8) is 0 Å². The van der Waals surface area contributed by atoms with Gasteiger partial charge >= 0.3 is 11.8 Å². The van der Waals surface area contributed by atoms with Crippen molar-refractivity contribution in [2.75, 3.05) is 40.3 Å². The molecule has 0 saturated carbocycles. The van der Waals surface area contributed by atoms with Gasteiger partial charge in [-0.2, -0.15) is 0 Å². The molecule has 0 aromatic carbocycles. The lowest BCUT2D eigenvalue weighted by atomic mass is 10.4. The lowest BCUT2D eigenvalue weighted by Gasteiger charge is -2.25. The highest BCUT2D eigenvalue weighted by Gasteiger charge is 2.23. The first-order valence-electron chi connectivity index (χ1n) is 6.24. The molecule has 1 aliphatic rings. The van der Waals surface area contributed by atoms with E-state index in [-0.39, 0.29) is 17.7 Å². The Labute approximate surface area is 115 Å². The van der Waals surface area contributed by atoms with E-state index in [9.17, 15) is 14.9 Å². The summed E-state index contributed by atoms with van der Waals surface area (Å²) >= 11 is 0. The van der Waals surface area contributed by atoms with Crippen LogP contribution in [-0.4, -0.2) is 70.5 Å². The summed E-state index contributed by atoms with van der Waals surface area (Å²) in [5.74, 6) is -0.208. The Morgan fingerprint density at radius 1 is 1.50 bits per heavy atom. The molecule has 0 radical (unpaired) electrons. The van der Waals surface area contributed by atoms with Crippen molar-refractivity contribution >= 4 is 11.7 Å². The third-order valence-corrected chi connectivity index (χ3v) is 3.07. The van der Waals surface area contributed by atoms with Gasteiger partial charge in [-0.25, -0.2) is 0 Å². The number of amides is 1. The Morgan fingerprint density at radius 3 is 2.90 bits per heavy atom. The first-order valence-corrected chi connectivity index (χ1v) is 6.24. The second-order valence-electron chi connectivity index (χ2n) is 4.74. The van der Waals surface area contributed by atoms with Crippen LogP contribution in [0.5, 0.6) is 6.01 Å². The highest BCUT2D eigenvalue weighted by atomic mass is 16.6. The minimum absolute atomic E-state index is 0.0161. The number of fused-ring (bicyclic) bond motifs is 1. The van der Waals surface area contributed by atoms with Gasteiger partial charge in [0, 0.05) is 38.7 Å². The van der Waals surface area contributed by atoms with Crippen molar-refractivity contribution in [3.8, 4) is 6.01 Å². The number of rotatable bonds is 3. The second kappa shape index (κ2) is 5.87. The van der Waals surface area contributed by atoms with Crippen LogP contribution < -0.4 is 4.74 Å². The molecule has 0 unspecified atom stereocenters. The molecular formula is C11H17N5O4. The van der Waals surface area contributed by atoms with Gasteiger partial charge in [-0.3, -0.25) is 14.3 Å². The fraction of sp³-hybridized carbons (Fsp3) is 0.636. The minimum Gasteiger partial charge on any atom is -0.444 e. The third kappa shape index (κ3) is 3.23. The Balaban J connectivity index is 2.03. The fourth-order valence-corrected chi connectivity index (χ4v) is 1.87. The molecule has 0 bridgehead atoms. The highest BCUT2D eigenvalue weighted by molar-refractivity contribution is 5.77. The first-order chi connectivity index (χ1) is 9.47. The molecule has 20 heavy (non-hydrogen) atoms. The predicted molar refractivity (Wildman–Crippen MR) is 69.5 cm³/mol. The molecular weight excluding hydrogens is 266 g/mol. The molecule has 0 N–H and O–H groups in total. The van der Waals surface area contributed by atoms with Gasteiger partial charge in [-0.1, -0.05) is 0 Å². The molecule has 0 fully saturated rings. The van der Waals surface area contributed by atoms with Crippen LogP contribution in [0.3, 0.4) is 0 Å². The molecule has 110 valence electrons. The summed E-state index contributed by atoms with van der Waals surface area (Å²) in [6.07, 6.45) is 1.35. The molecule has 1 aliphatic heterocycles. The molecule has 0 aliphatic carbocycles. The van der Waals surface area contributed by atoms with E-state index >= 15 is 0 Å². The summed E-state index contributed by atoms with van der Waals surface area (Å²) in [5.41, 5.74) is 0. The Morgan fingerprint density at radius 2 is 2.25 bits per heavy atom. The highest BCUT2D eigenvalue weighted by Crippen LogP contribution is 2.18. The maximum atomic E-state index is 11.7. The first kappa shape index (κ1) is 14.3. The number of carbonyl (C=O) groups is 1. The van der Waals surface area contributed by atoms with Crippen LogP contribution in [0.25, 0.3) is 0 Å². The van der Waals surface area contributed by atoms with E-state index in [1.807, 2.05) is 4.90 Å². The van der Waals surface area contributed by atoms with Crippen LogP contribution in [0.2, 0.25) is 0 Å². The zero-order valence-electron chi connectivity index (χ0n) is 11.5. The van der Waals surface area contributed by atoms with Crippen molar-refractivity contribution in [1.29, 1.82) is 0 Å². The topological polar surface area (TPSA) is 93.7 Å². The zero-order valence-corrected chi connectivity index (χ0v) is 11.5. The molecule has 0 atom stereocenters. The number of carbonyl (C=O) groups excluding carboxylic acids is 1. The van der Waals surface area contributed by atoms with Gasteiger partial charge in [0.15, 0.2) is 0 Å². The average Bonchev–Trinajstić information content (AvgIpc) is 2.75. The molecule has 1 amide bonds. The molecule has 2 rings (SSSR count). The molecule has 0 saturated heterocycles. The van der Waals surface area contributed by atoms with Gasteiger partial charge in [-0.15, -0.1) is 0 Å². The van der Waals surface area contributed by atoms with Gasteiger partial charge in [0.25, 0.3) is 0 Å². The number of hydrogen-bond donors (Lipinski definition) is 0. The smallest absolute Gasteiger partial charge is 0.414 e. The van der Waals surface area contributed by atoms with Crippen LogP contribution in [0.4, 0.5) is 5.82 Å². The van der Waals surface area contributed by atoms with Crippen molar-refractivity contribution < 1.29 is 14.5 Å². The summed E-state index contributed by atoms with van der Waals surface area (Å²) in [7, 11) is 3.42. The zero-order chi connectivity index (χ0) is 14.7. The molecule has 9 heteroatoms. The van der Waals surface area contributed by atoms with Crippen LogP contribution in [0.1, 0.15) is 0 Å². The monoisotopic (exact) mass is 283 g/mol. The van der Waals surface area contributed by atoms with E-state index in [0.29, 0.717) is 32.8 Å².